The first kappa shape index (κ1) is 18.6. The summed E-state index contributed by atoms with van der Waals surface area (Å²) in [5, 5.41) is 8.38. The van der Waals surface area contributed by atoms with Gasteiger partial charge in [0, 0.05) is 50.1 Å². The third kappa shape index (κ3) is 3.76. The maximum atomic E-state index is 12.7. The van der Waals surface area contributed by atoms with Crippen LogP contribution >= 0.6 is 0 Å². The molecule has 0 amide bonds. The summed E-state index contributed by atoms with van der Waals surface area (Å²) in [6, 6.07) is 13.4. The van der Waals surface area contributed by atoms with Crippen molar-refractivity contribution in [2.24, 2.45) is 13.0 Å². The Labute approximate surface area is 163 Å². The average molecular weight is 399 g/mol. The lowest BCUT2D eigenvalue weighted by Crippen LogP contribution is -2.31. The van der Waals surface area contributed by atoms with Crippen LogP contribution in [0.5, 0.6) is 5.88 Å². The van der Waals surface area contributed by atoms with Gasteiger partial charge in [0.1, 0.15) is 0 Å². The van der Waals surface area contributed by atoms with E-state index in [2.05, 4.69) is 15.2 Å². The number of hydrogen-bond acceptors (Lipinski definition) is 6. The molecule has 2 aromatic heterocycles. The van der Waals surface area contributed by atoms with E-state index in [0.717, 1.165) is 17.7 Å². The first-order valence-corrected chi connectivity index (χ1v) is 10.5. The van der Waals surface area contributed by atoms with Crippen LogP contribution in [0.25, 0.3) is 11.3 Å². The van der Waals surface area contributed by atoms with Gasteiger partial charge in [0.15, 0.2) is 0 Å². The van der Waals surface area contributed by atoms with Crippen molar-refractivity contribution in [2.45, 2.75) is 11.6 Å². The Morgan fingerprint density at radius 2 is 1.96 bits per heavy atom. The minimum atomic E-state index is -3.58. The number of imidazole rings is 1. The first-order valence-electron chi connectivity index (χ1n) is 9.03. The fraction of sp³-hybridized carbons (Fsp3) is 0.316. The molecule has 146 valence electrons. The number of aryl methyl sites for hydroxylation is 1. The van der Waals surface area contributed by atoms with Crippen molar-refractivity contribution < 1.29 is 13.2 Å². The molecule has 0 aliphatic carbocycles. The van der Waals surface area contributed by atoms with Gasteiger partial charge in [-0.1, -0.05) is 30.3 Å². The predicted octanol–water partition coefficient (Wildman–Crippen LogP) is 1.97. The zero-order valence-corrected chi connectivity index (χ0v) is 16.3. The highest BCUT2D eigenvalue weighted by Crippen LogP contribution is 2.24. The summed E-state index contributed by atoms with van der Waals surface area (Å²) in [5.41, 5.74) is 1.77. The van der Waals surface area contributed by atoms with E-state index in [1.165, 1.54) is 15.1 Å². The van der Waals surface area contributed by atoms with Crippen molar-refractivity contribution in [3.63, 3.8) is 0 Å². The number of benzene rings is 1. The van der Waals surface area contributed by atoms with Crippen LogP contribution in [0.2, 0.25) is 0 Å². The van der Waals surface area contributed by atoms with Crippen LogP contribution in [0.1, 0.15) is 6.42 Å². The van der Waals surface area contributed by atoms with Gasteiger partial charge < -0.3 is 9.30 Å². The Morgan fingerprint density at radius 1 is 1.14 bits per heavy atom. The standard InChI is InChI=1S/C19H21N5O3S/c1-23-12-10-20-19(23)28(25,26)24-11-9-15(13-24)14-27-18-8-7-17(21-22-18)16-5-3-2-4-6-16/h2-8,10,12,15H,9,11,13-14H2,1H3. The molecule has 0 N–H and O–H groups in total. The van der Waals surface area contributed by atoms with Crippen molar-refractivity contribution in [3.8, 4) is 17.1 Å². The van der Waals surface area contributed by atoms with Gasteiger partial charge >= 0.3 is 0 Å². The van der Waals surface area contributed by atoms with E-state index >= 15 is 0 Å². The molecule has 1 fully saturated rings. The largest absolute Gasteiger partial charge is 0.476 e. The molecule has 0 spiro atoms. The molecule has 1 aromatic carbocycles. The molecule has 1 atom stereocenters. The van der Waals surface area contributed by atoms with E-state index in [9.17, 15) is 8.42 Å². The molecule has 8 nitrogen and oxygen atoms in total. The molecule has 1 aliphatic heterocycles. The van der Waals surface area contributed by atoms with E-state index in [4.69, 9.17) is 4.74 Å². The van der Waals surface area contributed by atoms with Crippen LogP contribution in [0.4, 0.5) is 0 Å². The minimum absolute atomic E-state index is 0.0661. The Morgan fingerprint density at radius 3 is 2.64 bits per heavy atom. The quantitative estimate of drug-likeness (QED) is 0.629. The number of sulfonamides is 1. The normalized spacial score (nSPS) is 17.7. The maximum absolute atomic E-state index is 12.7. The van der Waals surface area contributed by atoms with Gasteiger partial charge in [-0.25, -0.2) is 13.4 Å². The fourth-order valence-electron chi connectivity index (χ4n) is 3.23. The topological polar surface area (TPSA) is 90.2 Å². The van der Waals surface area contributed by atoms with Gasteiger partial charge in [-0.15, -0.1) is 10.2 Å². The summed E-state index contributed by atoms with van der Waals surface area (Å²) in [7, 11) is -1.90. The first-order chi connectivity index (χ1) is 13.5. The average Bonchev–Trinajstić information content (AvgIpc) is 3.37. The van der Waals surface area contributed by atoms with E-state index in [-0.39, 0.29) is 11.1 Å². The third-order valence-electron chi connectivity index (χ3n) is 4.77. The fourth-order valence-corrected chi connectivity index (χ4v) is 4.83. The van der Waals surface area contributed by atoms with Crippen LogP contribution in [0.3, 0.4) is 0 Å². The summed E-state index contributed by atoms with van der Waals surface area (Å²) in [6.07, 6.45) is 3.85. The lowest BCUT2D eigenvalue weighted by atomic mass is 10.1. The van der Waals surface area contributed by atoms with Crippen LogP contribution in [0, 0.1) is 5.92 Å². The molecule has 1 unspecified atom stereocenters. The molecule has 9 heteroatoms. The molecular weight excluding hydrogens is 378 g/mol. The lowest BCUT2D eigenvalue weighted by Gasteiger charge is -2.16. The Hall–Kier alpha value is -2.78. The van der Waals surface area contributed by atoms with E-state index in [0.29, 0.717) is 25.6 Å². The number of nitrogens with zero attached hydrogens (tertiary/aromatic N) is 5. The van der Waals surface area contributed by atoms with Gasteiger partial charge in [-0.2, -0.15) is 4.31 Å². The highest BCUT2D eigenvalue weighted by molar-refractivity contribution is 7.89. The Balaban J connectivity index is 1.35. The summed E-state index contributed by atoms with van der Waals surface area (Å²) >= 11 is 0. The van der Waals surface area contributed by atoms with Crippen molar-refractivity contribution >= 4 is 10.0 Å². The lowest BCUT2D eigenvalue weighted by molar-refractivity contribution is 0.244. The van der Waals surface area contributed by atoms with E-state index in [1.54, 1.807) is 19.3 Å². The molecule has 0 radical (unpaired) electrons. The highest BCUT2D eigenvalue weighted by atomic mass is 32.2. The summed E-state index contributed by atoms with van der Waals surface area (Å²) in [5.74, 6) is 0.538. The van der Waals surface area contributed by atoms with Crippen molar-refractivity contribution in [1.29, 1.82) is 0 Å². The molecule has 3 heterocycles. The van der Waals surface area contributed by atoms with Crippen molar-refractivity contribution in [1.82, 2.24) is 24.1 Å². The van der Waals surface area contributed by atoms with Gasteiger partial charge in [0.05, 0.1) is 12.3 Å². The summed E-state index contributed by atoms with van der Waals surface area (Å²) in [6.45, 7) is 1.26. The molecular formula is C19H21N5O3S. The van der Waals surface area contributed by atoms with Crippen LogP contribution in [-0.4, -0.2) is 52.2 Å². The van der Waals surface area contributed by atoms with Gasteiger partial charge in [-0.05, 0) is 12.5 Å². The second kappa shape index (κ2) is 7.69. The maximum Gasteiger partial charge on any atom is 0.277 e. The van der Waals surface area contributed by atoms with Gasteiger partial charge in [-0.3, -0.25) is 0 Å². The van der Waals surface area contributed by atoms with E-state index in [1.807, 2.05) is 36.4 Å². The van der Waals surface area contributed by atoms with Crippen molar-refractivity contribution in [3.05, 3.63) is 54.9 Å². The van der Waals surface area contributed by atoms with Crippen LogP contribution in [-0.2, 0) is 17.1 Å². The molecule has 0 bridgehead atoms. The SMILES string of the molecule is Cn1ccnc1S(=O)(=O)N1CCC(COc2ccc(-c3ccccc3)nn2)C1. The second-order valence-corrected chi connectivity index (χ2v) is 8.60. The van der Waals surface area contributed by atoms with Gasteiger partial charge in [0.2, 0.25) is 11.0 Å². The highest BCUT2D eigenvalue weighted by Gasteiger charge is 2.35. The Bertz CT molecular complexity index is 1030. The van der Waals surface area contributed by atoms with Crippen molar-refractivity contribution in [2.75, 3.05) is 19.7 Å². The molecule has 1 aliphatic rings. The molecule has 0 saturated carbocycles. The molecule has 4 rings (SSSR count). The van der Waals surface area contributed by atoms with Crippen LogP contribution in [0.15, 0.2) is 60.0 Å². The van der Waals surface area contributed by atoms with Gasteiger partial charge in [0.25, 0.3) is 10.0 Å². The summed E-state index contributed by atoms with van der Waals surface area (Å²) in [4.78, 5) is 3.97. The molecule has 1 saturated heterocycles. The second-order valence-electron chi connectivity index (χ2n) is 6.77. The van der Waals surface area contributed by atoms with Crippen LogP contribution < -0.4 is 4.74 Å². The molecule has 28 heavy (non-hydrogen) atoms. The molecule has 3 aromatic rings. The summed E-state index contributed by atoms with van der Waals surface area (Å²) < 4.78 is 34.1. The zero-order valence-electron chi connectivity index (χ0n) is 15.5. The zero-order chi connectivity index (χ0) is 19.6. The van der Waals surface area contributed by atoms with E-state index < -0.39 is 10.0 Å². The Kier molecular flexibility index (Phi) is 5.10. The smallest absolute Gasteiger partial charge is 0.277 e. The number of hydrogen-bond donors (Lipinski definition) is 0. The monoisotopic (exact) mass is 399 g/mol. The third-order valence-corrected chi connectivity index (χ3v) is 6.64. The number of ether oxygens (including phenoxy) is 1. The predicted molar refractivity (Wildman–Crippen MR) is 103 cm³/mol. The minimum Gasteiger partial charge on any atom is -0.476 e. The number of aromatic nitrogens is 4. The number of rotatable bonds is 6.